The first-order valence-electron chi connectivity index (χ1n) is 10.1. The van der Waals surface area contributed by atoms with Gasteiger partial charge in [-0.3, -0.25) is 9.59 Å². The molecule has 0 aliphatic heterocycles. The van der Waals surface area contributed by atoms with E-state index < -0.39 is 17.7 Å². The number of carbonyl (C=O) groups is 3. The minimum atomic E-state index is -1.07. The van der Waals surface area contributed by atoms with E-state index in [2.05, 4.69) is 0 Å². The van der Waals surface area contributed by atoms with Crippen molar-refractivity contribution in [3.63, 3.8) is 0 Å². The number of carbonyl (C=O) groups excluding carboxylic acids is 3. The van der Waals surface area contributed by atoms with E-state index >= 15 is 0 Å². The number of nitrogens with two attached hydrogens (primary N) is 1. The number of rotatable bonds is 6. The molecule has 4 rings (SSSR count). The maximum atomic E-state index is 12.8. The first kappa shape index (κ1) is 21.1. The molecular formula is C26H22N2O4. The van der Waals surface area contributed by atoms with Crippen LogP contribution in [-0.2, 0) is 16.0 Å². The lowest BCUT2D eigenvalue weighted by Crippen LogP contribution is -2.24. The molecule has 32 heavy (non-hydrogen) atoms. The minimum Gasteiger partial charge on any atom is -0.465 e. The summed E-state index contributed by atoms with van der Waals surface area (Å²) < 4.78 is 6.68. The largest absolute Gasteiger partial charge is 0.465 e. The molecule has 0 radical (unpaired) electrons. The molecule has 6 heteroatoms. The number of ketones is 1. The number of hydrogen-bond acceptors (Lipinski definition) is 4. The van der Waals surface area contributed by atoms with Crippen molar-refractivity contribution in [2.24, 2.45) is 5.73 Å². The standard InChI is InChI=1S/C26H22N2O4/c1-16-21(15-18-11-6-7-12-19(18)17-9-4-3-5-10-17)28-14-8-13-20(26(31)32-2)23(28)22(16)24(29)25(27)30/h3-14H,15H2,1-2H3,(H2,27,30). The zero-order valence-electron chi connectivity index (χ0n) is 17.8. The van der Waals surface area contributed by atoms with Crippen LogP contribution < -0.4 is 5.73 Å². The number of methoxy groups -OCH3 is 1. The summed E-state index contributed by atoms with van der Waals surface area (Å²) in [5, 5.41) is 0. The van der Waals surface area contributed by atoms with Crippen LogP contribution in [0.1, 0.15) is 37.5 Å². The number of amides is 1. The highest BCUT2D eigenvalue weighted by Crippen LogP contribution is 2.31. The third-order valence-electron chi connectivity index (χ3n) is 5.65. The summed E-state index contributed by atoms with van der Waals surface area (Å²) in [4.78, 5) is 37.0. The predicted molar refractivity (Wildman–Crippen MR) is 122 cm³/mol. The van der Waals surface area contributed by atoms with Crippen LogP contribution in [0.3, 0.4) is 0 Å². The monoisotopic (exact) mass is 426 g/mol. The van der Waals surface area contributed by atoms with Gasteiger partial charge >= 0.3 is 5.97 Å². The summed E-state index contributed by atoms with van der Waals surface area (Å²) in [5.41, 5.74) is 10.6. The third-order valence-corrected chi connectivity index (χ3v) is 5.65. The van der Waals surface area contributed by atoms with Crippen LogP contribution in [-0.4, -0.2) is 29.2 Å². The summed E-state index contributed by atoms with van der Waals surface area (Å²) in [6, 6.07) is 21.3. The fourth-order valence-electron chi connectivity index (χ4n) is 4.14. The lowest BCUT2D eigenvalue weighted by molar-refractivity contribution is -0.114. The summed E-state index contributed by atoms with van der Waals surface area (Å²) >= 11 is 0. The van der Waals surface area contributed by atoms with Crippen LogP contribution in [0.5, 0.6) is 0 Å². The maximum Gasteiger partial charge on any atom is 0.340 e. The highest BCUT2D eigenvalue weighted by Gasteiger charge is 2.28. The van der Waals surface area contributed by atoms with Crippen LogP contribution in [0.4, 0.5) is 0 Å². The Morgan fingerprint density at radius 2 is 1.62 bits per heavy atom. The number of pyridine rings is 1. The second kappa shape index (κ2) is 8.51. The Balaban J connectivity index is 1.96. The molecule has 0 atom stereocenters. The van der Waals surface area contributed by atoms with Gasteiger partial charge in [0.1, 0.15) is 0 Å². The number of hydrogen-bond donors (Lipinski definition) is 1. The van der Waals surface area contributed by atoms with Gasteiger partial charge in [0.15, 0.2) is 0 Å². The molecular weight excluding hydrogens is 404 g/mol. The van der Waals surface area contributed by atoms with Crippen molar-refractivity contribution >= 4 is 23.2 Å². The molecule has 0 saturated heterocycles. The zero-order chi connectivity index (χ0) is 22.8. The number of esters is 1. The third kappa shape index (κ3) is 3.56. The Hall–Kier alpha value is -4.19. The molecule has 0 fully saturated rings. The highest BCUT2D eigenvalue weighted by atomic mass is 16.5. The number of nitrogens with zero attached hydrogens (tertiary/aromatic N) is 1. The number of primary amides is 1. The van der Waals surface area contributed by atoms with Gasteiger partial charge in [-0.15, -0.1) is 0 Å². The molecule has 2 heterocycles. The van der Waals surface area contributed by atoms with Gasteiger partial charge < -0.3 is 14.9 Å². The van der Waals surface area contributed by atoms with Gasteiger partial charge in [0, 0.05) is 18.3 Å². The maximum absolute atomic E-state index is 12.8. The Bertz CT molecular complexity index is 1350. The van der Waals surface area contributed by atoms with Gasteiger partial charge in [-0.2, -0.15) is 0 Å². The first-order chi connectivity index (χ1) is 15.4. The van der Waals surface area contributed by atoms with Gasteiger partial charge in [-0.05, 0) is 41.3 Å². The van der Waals surface area contributed by atoms with E-state index in [0.29, 0.717) is 17.5 Å². The molecule has 0 spiro atoms. The molecule has 6 nitrogen and oxygen atoms in total. The van der Waals surface area contributed by atoms with E-state index in [1.807, 2.05) is 54.6 Å². The Morgan fingerprint density at radius 1 is 0.938 bits per heavy atom. The van der Waals surface area contributed by atoms with Crippen molar-refractivity contribution in [1.29, 1.82) is 0 Å². The summed E-state index contributed by atoms with van der Waals surface area (Å²) in [5.74, 6) is -2.50. The molecule has 0 saturated carbocycles. The Morgan fingerprint density at radius 3 is 2.31 bits per heavy atom. The molecule has 0 aliphatic rings. The summed E-state index contributed by atoms with van der Waals surface area (Å²) in [7, 11) is 1.27. The fraction of sp³-hybridized carbons (Fsp3) is 0.115. The van der Waals surface area contributed by atoms with Gasteiger partial charge in [0.05, 0.1) is 23.8 Å². The topological polar surface area (TPSA) is 90.9 Å². The molecule has 2 aromatic carbocycles. The van der Waals surface area contributed by atoms with E-state index in [1.165, 1.54) is 7.11 Å². The van der Waals surface area contributed by atoms with Gasteiger partial charge in [-0.1, -0.05) is 54.6 Å². The van der Waals surface area contributed by atoms with Crippen molar-refractivity contribution in [3.05, 3.63) is 101 Å². The van der Waals surface area contributed by atoms with Crippen molar-refractivity contribution < 1.29 is 19.1 Å². The zero-order valence-corrected chi connectivity index (χ0v) is 17.8. The Labute approximate surface area is 185 Å². The molecule has 0 aliphatic carbocycles. The van der Waals surface area contributed by atoms with E-state index in [1.54, 1.807) is 29.7 Å². The minimum absolute atomic E-state index is 0.130. The number of Topliss-reactive ketones (excluding diaryl/α,β-unsaturated/α-hetero) is 1. The molecule has 2 N–H and O–H groups in total. The van der Waals surface area contributed by atoms with E-state index in [0.717, 1.165) is 22.4 Å². The number of fused-ring (bicyclic) bond motifs is 1. The SMILES string of the molecule is COC(=O)c1cccn2c(Cc3ccccc3-c3ccccc3)c(C)c(C(=O)C(N)=O)c12. The smallest absolute Gasteiger partial charge is 0.340 e. The quantitative estimate of drug-likeness (QED) is 0.287. The van der Waals surface area contributed by atoms with Gasteiger partial charge in [0.25, 0.3) is 11.7 Å². The van der Waals surface area contributed by atoms with Crippen molar-refractivity contribution in [2.45, 2.75) is 13.3 Å². The number of ether oxygens (including phenoxy) is 1. The molecule has 4 aromatic rings. The highest BCUT2D eigenvalue weighted by molar-refractivity contribution is 6.44. The molecule has 2 aromatic heterocycles. The second-order valence-electron chi connectivity index (χ2n) is 7.47. The lowest BCUT2D eigenvalue weighted by atomic mass is 9.95. The lowest BCUT2D eigenvalue weighted by Gasteiger charge is -2.11. The van der Waals surface area contributed by atoms with E-state index in [-0.39, 0.29) is 11.1 Å². The van der Waals surface area contributed by atoms with E-state index in [4.69, 9.17) is 10.5 Å². The molecule has 160 valence electrons. The van der Waals surface area contributed by atoms with Crippen LogP contribution >= 0.6 is 0 Å². The average Bonchev–Trinajstić information content (AvgIpc) is 3.10. The Kier molecular flexibility index (Phi) is 5.60. The van der Waals surface area contributed by atoms with Crippen LogP contribution in [0.25, 0.3) is 16.6 Å². The second-order valence-corrected chi connectivity index (χ2v) is 7.47. The van der Waals surface area contributed by atoms with Crippen LogP contribution in [0.2, 0.25) is 0 Å². The van der Waals surface area contributed by atoms with Gasteiger partial charge in [-0.25, -0.2) is 4.79 Å². The average molecular weight is 426 g/mol. The summed E-state index contributed by atoms with van der Waals surface area (Å²) in [6.45, 7) is 1.77. The van der Waals surface area contributed by atoms with Crippen LogP contribution in [0, 0.1) is 6.92 Å². The number of aromatic nitrogens is 1. The van der Waals surface area contributed by atoms with E-state index in [9.17, 15) is 14.4 Å². The molecule has 1 amide bonds. The number of benzene rings is 2. The van der Waals surface area contributed by atoms with Crippen molar-refractivity contribution in [2.75, 3.05) is 7.11 Å². The van der Waals surface area contributed by atoms with Crippen LogP contribution in [0.15, 0.2) is 72.9 Å². The fourth-order valence-corrected chi connectivity index (χ4v) is 4.14. The van der Waals surface area contributed by atoms with Gasteiger partial charge in [0.2, 0.25) is 0 Å². The predicted octanol–water partition coefficient (Wildman–Crippen LogP) is 3.96. The first-order valence-corrected chi connectivity index (χ1v) is 10.1. The normalized spacial score (nSPS) is 10.8. The van der Waals surface area contributed by atoms with Crippen molar-refractivity contribution in [1.82, 2.24) is 4.40 Å². The molecule has 0 unspecified atom stereocenters. The van der Waals surface area contributed by atoms with Crippen molar-refractivity contribution in [3.8, 4) is 11.1 Å². The molecule has 0 bridgehead atoms. The summed E-state index contributed by atoms with van der Waals surface area (Å²) in [6.07, 6.45) is 2.25.